The van der Waals surface area contributed by atoms with Crippen molar-refractivity contribution in [2.45, 2.75) is 25.2 Å². The molecule has 6 heteroatoms. The first-order valence-electron chi connectivity index (χ1n) is 9.65. The molecule has 0 N–H and O–H groups in total. The van der Waals surface area contributed by atoms with Gasteiger partial charge in [-0.15, -0.1) is 0 Å². The van der Waals surface area contributed by atoms with Gasteiger partial charge in [0.15, 0.2) is 0 Å². The third kappa shape index (κ3) is 2.72. The SMILES string of the molecule is Cc1cccc(CN2C[C@]34C=C[C@H](O3)C(C(=O)N3CCSCC3)C4C2=O)c1. The lowest BCUT2D eigenvalue weighted by atomic mass is 9.76. The molecule has 4 heterocycles. The van der Waals surface area contributed by atoms with Gasteiger partial charge in [-0.1, -0.05) is 42.0 Å². The predicted octanol–water partition coefficient (Wildman–Crippen LogP) is 1.85. The molecular formula is C21H24N2O3S. The van der Waals surface area contributed by atoms with E-state index in [1.54, 1.807) is 0 Å². The van der Waals surface area contributed by atoms with Gasteiger partial charge < -0.3 is 14.5 Å². The summed E-state index contributed by atoms with van der Waals surface area (Å²) in [6.45, 7) is 4.72. The minimum absolute atomic E-state index is 0.0630. The van der Waals surface area contributed by atoms with Gasteiger partial charge in [-0.25, -0.2) is 0 Å². The Labute approximate surface area is 163 Å². The number of carbonyl (C=O) groups excluding carboxylic acids is 2. The lowest BCUT2D eigenvalue weighted by Crippen LogP contribution is -2.48. The number of thioether (sulfide) groups is 1. The Morgan fingerprint density at radius 2 is 2.15 bits per heavy atom. The fourth-order valence-corrected chi connectivity index (χ4v) is 5.92. The molecule has 4 aliphatic heterocycles. The van der Waals surface area contributed by atoms with Crippen molar-refractivity contribution in [2.24, 2.45) is 11.8 Å². The lowest BCUT2D eigenvalue weighted by molar-refractivity contribution is -0.143. The Morgan fingerprint density at radius 3 is 2.93 bits per heavy atom. The number of fused-ring (bicyclic) bond motifs is 1. The van der Waals surface area contributed by atoms with Crippen LogP contribution in [0.5, 0.6) is 0 Å². The molecule has 4 atom stereocenters. The maximum Gasteiger partial charge on any atom is 0.230 e. The average molecular weight is 385 g/mol. The van der Waals surface area contributed by atoms with Gasteiger partial charge in [-0.05, 0) is 12.5 Å². The molecule has 3 fully saturated rings. The normalized spacial score (nSPS) is 34.4. The molecule has 5 nitrogen and oxygen atoms in total. The first-order valence-corrected chi connectivity index (χ1v) is 10.8. The number of nitrogens with zero attached hydrogens (tertiary/aromatic N) is 2. The number of benzene rings is 1. The predicted molar refractivity (Wildman–Crippen MR) is 104 cm³/mol. The summed E-state index contributed by atoms with van der Waals surface area (Å²) < 4.78 is 6.24. The number of rotatable bonds is 3. The maximum absolute atomic E-state index is 13.3. The molecule has 0 saturated carbocycles. The number of hydrogen-bond acceptors (Lipinski definition) is 4. The molecule has 142 valence electrons. The molecule has 5 rings (SSSR count). The number of amides is 2. The van der Waals surface area contributed by atoms with Gasteiger partial charge in [0, 0.05) is 31.1 Å². The Morgan fingerprint density at radius 1 is 1.33 bits per heavy atom. The third-order valence-electron chi connectivity index (χ3n) is 6.24. The summed E-state index contributed by atoms with van der Waals surface area (Å²) in [6, 6.07) is 8.24. The lowest BCUT2D eigenvalue weighted by Gasteiger charge is -2.32. The minimum atomic E-state index is -0.615. The zero-order chi connectivity index (χ0) is 18.6. The Bertz CT molecular complexity index is 819. The van der Waals surface area contributed by atoms with Gasteiger partial charge in [-0.3, -0.25) is 9.59 Å². The topological polar surface area (TPSA) is 49.9 Å². The standard InChI is InChI=1S/C21H24N2O3S/c1-14-3-2-4-15(11-14)12-23-13-21-6-5-16(26-21)17(18(21)20(23)25)19(24)22-7-9-27-10-8-22/h2-6,11,16-18H,7-10,12-13H2,1H3/t16-,17?,18?,21-/m0/s1. The van der Waals surface area contributed by atoms with Crippen LogP contribution < -0.4 is 0 Å². The van der Waals surface area contributed by atoms with Crippen molar-refractivity contribution in [3.05, 3.63) is 47.5 Å². The molecule has 27 heavy (non-hydrogen) atoms. The first-order chi connectivity index (χ1) is 13.1. The number of hydrogen-bond donors (Lipinski definition) is 0. The van der Waals surface area contributed by atoms with Crippen LogP contribution in [-0.4, -0.2) is 64.5 Å². The van der Waals surface area contributed by atoms with Crippen LogP contribution in [0.3, 0.4) is 0 Å². The molecule has 2 bridgehead atoms. The van der Waals surface area contributed by atoms with Crippen LogP contribution >= 0.6 is 11.8 Å². The van der Waals surface area contributed by atoms with Crippen molar-refractivity contribution >= 4 is 23.6 Å². The maximum atomic E-state index is 13.3. The molecular weight excluding hydrogens is 360 g/mol. The fourth-order valence-electron chi connectivity index (χ4n) is 5.02. The van der Waals surface area contributed by atoms with E-state index in [0.29, 0.717) is 13.1 Å². The van der Waals surface area contributed by atoms with E-state index < -0.39 is 5.60 Å². The van der Waals surface area contributed by atoms with Crippen LogP contribution in [0, 0.1) is 18.8 Å². The van der Waals surface area contributed by atoms with Crippen molar-refractivity contribution in [1.29, 1.82) is 0 Å². The van der Waals surface area contributed by atoms with Crippen molar-refractivity contribution in [1.82, 2.24) is 9.80 Å². The van der Waals surface area contributed by atoms with Gasteiger partial charge in [-0.2, -0.15) is 11.8 Å². The zero-order valence-corrected chi connectivity index (χ0v) is 16.3. The second kappa shape index (κ2) is 6.38. The highest BCUT2D eigenvalue weighted by molar-refractivity contribution is 7.99. The summed E-state index contributed by atoms with van der Waals surface area (Å²) in [6.07, 6.45) is 3.79. The largest absolute Gasteiger partial charge is 0.360 e. The molecule has 1 aromatic carbocycles. The second-order valence-electron chi connectivity index (χ2n) is 8.02. The Hall–Kier alpha value is -1.79. The zero-order valence-electron chi connectivity index (χ0n) is 15.5. The number of carbonyl (C=O) groups is 2. The van der Waals surface area contributed by atoms with E-state index in [9.17, 15) is 9.59 Å². The molecule has 2 amide bonds. The number of ether oxygens (including phenoxy) is 1. The first kappa shape index (κ1) is 17.3. The van der Waals surface area contributed by atoms with Crippen molar-refractivity contribution in [3.63, 3.8) is 0 Å². The van der Waals surface area contributed by atoms with Crippen LogP contribution in [0.1, 0.15) is 11.1 Å². The van der Waals surface area contributed by atoms with Gasteiger partial charge in [0.05, 0.1) is 24.5 Å². The van der Waals surface area contributed by atoms with Crippen LogP contribution in [0.15, 0.2) is 36.4 Å². The van der Waals surface area contributed by atoms with Crippen LogP contribution in [0.25, 0.3) is 0 Å². The molecule has 3 saturated heterocycles. The van der Waals surface area contributed by atoms with Crippen LogP contribution in [0.4, 0.5) is 0 Å². The van der Waals surface area contributed by atoms with E-state index in [0.717, 1.165) is 30.2 Å². The van der Waals surface area contributed by atoms with Crippen LogP contribution in [-0.2, 0) is 20.9 Å². The van der Waals surface area contributed by atoms with E-state index in [1.807, 2.05) is 45.8 Å². The van der Waals surface area contributed by atoms with E-state index in [2.05, 4.69) is 19.1 Å². The quantitative estimate of drug-likeness (QED) is 0.747. The van der Waals surface area contributed by atoms with E-state index in [-0.39, 0.29) is 29.8 Å². The average Bonchev–Trinajstić information content (AvgIpc) is 3.30. The molecule has 2 unspecified atom stereocenters. The number of aryl methyl sites for hydroxylation is 1. The Balaban J connectivity index is 1.39. The summed E-state index contributed by atoms with van der Waals surface area (Å²) in [4.78, 5) is 30.3. The van der Waals surface area contributed by atoms with Gasteiger partial charge in [0.2, 0.25) is 11.8 Å². The molecule has 0 radical (unpaired) electrons. The van der Waals surface area contributed by atoms with Gasteiger partial charge in [0.1, 0.15) is 5.60 Å². The van der Waals surface area contributed by atoms with E-state index in [4.69, 9.17) is 4.74 Å². The summed E-state index contributed by atoms with van der Waals surface area (Å²) in [5.41, 5.74) is 1.69. The summed E-state index contributed by atoms with van der Waals surface area (Å²) in [7, 11) is 0. The van der Waals surface area contributed by atoms with Gasteiger partial charge >= 0.3 is 0 Å². The smallest absolute Gasteiger partial charge is 0.230 e. The summed E-state index contributed by atoms with van der Waals surface area (Å²) in [5, 5.41) is 0. The Kier molecular flexibility index (Phi) is 4.09. The van der Waals surface area contributed by atoms with E-state index >= 15 is 0 Å². The number of likely N-dealkylation sites (tertiary alicyclic amines) is 1. The second-order valence-corrected chi connectivity index (χ2v) is 9.25. The highest BCUT2D eigenvalue weighted by atomic mass is 32.2. The third-order valence-corrected chi connectivity index (χ3v) is 7.19. The monoisotopic (exact) mass is 384 g/mol. The molecule has 4 aliphatic rings. The van der Waals surface area contributed by atoms with Crippen LogP contribution in [0.2, 0.25) is 0 Å². The van der Waals surface area contributed by atoms with Gasteiger partial charge in [0.25, 0.3) is 0 Å². The van der Waals surface area contributed by atoms with E-state index in [1.165, 1.54) is 5.56 Å². The highest BCUT2D eigenvalue weighted by Crippen LogP contribution is 2.52. The highest BCUT2D eigenvalue weighted by Gasteiger charge is 2.67. The molecule has 1 spiro atoms. The molecule has 0 aromatic heterocycles. The minimum Gasteiger partial charge on any atom is -0.360 e. The van der Waals surface area contributed by atoms with Crippen molar-refractivity contribution in [3.8, 4) is 0 Å². The van der Waals surface area contributed by atoms with Crippen molar-refractivity contribution in [2.75, 3.05) is 31.1 Å². The summed E-state index contributed by atoms with van der Waals surface area (Å²) in [5.74, 6) is 1.37. The molecule has 0 aliphatic carbocycles. The molecule has 1 aromatic rings. The fraction of sp³-hybridized carbons (Fsp3) is 0.524. The van der Waals surface area contributed by atoms with Crippen molar-refractivity contribution < 1.29 is 14.3 Å². The summed E-state index contributed by atoms with van der Waals surface area (Å²) >= 11 is 1.88.